The first kappa shape index (κ1) is 50.8. The Morgan fingerprint density at radius 2 is 1.11 bits per heavy atom. The third-order valence-corrected chi connectivity index (χ3v) is 8.68. The Morgan fingerprint density at radius 1 is 0.697 bits per heavy atom. The molecule has 3 heterocycles. The molecule has 0 amide bonds. The maximum Gasteiger partial charge on any atom is 0.270 e. The number of aldehydes is 2. The van der Waals surface area contributed by atoms with Crippen LogP contribution in [0.5, 0.6) is 0 Å². The Hall–Kier alpha value is -7.84. The lowest BCUT2D eigenvalue weighted by molar-refractivity contribution is -0.302. The molecule has 0 saturated heterocycles. The number of halogens is 8. The van der Waals surface area contributed by atoms with Crippen molar-refractivity contribution in [1.29, 1.82) is 0 Å². The molecule has 7 aromatic rings. The molecule has 3 aromatic heterocycles. The molecule has 0 spiro atoms. The number of nitrogens with zero attached hydrogens (tertiary/aromatic N) is 6. The van der Waals surface area contributed by atoms with Gasteiger partial charge in [-0.2, -0.15) is 10.2 Å². The number of hydrogen-bond acceptors (Lipinski definition) is 10. The number of hydrogen-bond donors (Lipinski definition) is 2. The number of carboxylic acids is 1. The van der Waals surface area contributed by atoms with E-state index in [1.54, 1.807) is 42.5 Å². The number of amidine groups is 1. The van der Waals surface area contributed by atoms with Gasteiger partial charge in [0.25, 0.3) is 17.0 Å². The Balaban J connectivity index is 0.000000241. The molecule has 0 bridgehead atoms. The van der Waals surface area contributed by atoms with Gasteiger partial charge in [-0.3, -0.25) is 20.7 Å². The zero-order valence-electron chi connectivity index (χ0n) is 33.8. The number of rotatable bonds is 10. The van der Waals surface area contributed by atoms with Crippen molar-refractivity contribution in [1.82, 2.24) is 29.5 Å². The lowest BCUT2D eigenvalue weighted by Crippen LogP contribution is -2.46. The number of aliphatic carboxylic acids is 1. The van der Waals surface area contributed by atoms with Crippen LogP contribution in [-0.2, 0) is 27.5 Å². The van der Waals surface area contributed by atoms with E-state index in [1.807, 2.05) is 6.07 Å². The minimum Gasteiger partial charge on any atom is -0.550 e. The minimum atomic E-state index is -1.56. The summed E-state index contributed by atoms with van der Waals surface area (Å²) in [5.74, 6) is -8.93. The maximum absolute atomic E-state index is 13.6. The van der Waals surface area contributed by atoms with Gasteiger partial charge < -0.3 is 19.5 Å². The molecule has 4 aromatic carbocycles. The van der Waals surface area contributed by atoms with Crippen LogP contribution in [0.1, 0.15) is 23.6 Å². The van der Waals surface area contributed by atoms with Gasteiger partial charge in [0, 0.05) is 47.2 Å². The topological polar surface area (TPSA) is 221 Å². The fourth-order valence-electron chi connectivity index (χ4n) is 5.34. The average Bonchev–Trinajstić information content (AvgIpc) is 3.29. The number of aromatic nitrogens is 6. The lowest BCUT2D eigenvalue weighted by atomic mass is 10.1. The molecule has 0 unspecified atom stereocenters. The van der Waals surface area contributed by atoms with E-state index in [4.69, 9.17) is 44.2 Å². The van der Waals surface area contributed by atoms with Crippen molar-refractivity contribution >= 4 is 47.6 Å². The van der Waals surface area contributed by atoms with Crippen molar-refractivity contribution in [2.75, 3.05) is 0 Å². The largest absolute Gasteiger partial charge is 0.550 e. The van der Waals surface area contributed by atoms with Crippen molar-refractivity contribution in [3.05, 3.63) is 187 Å². The van der Waals surface area contributed by atoms with Crippen LogP contribution in [0.3, 0.4) is 0 Å². The van der Waals surface area contributed by atoms with Crippen molar-refractivity contribution in [2.45, 2.75) is 25.4 Å². The summed E-state index contributed by atoms with van der Waals surface area (Å²) in [5, 5.41) is 22.2. The molecule has 0 atom stereocenters. The standard InChI is InChI=1S/C21H12ClF3N4O.C18H13F3N4O.C3H3ClO2.C2H4O2/c22-15-9-26-21(27-10-15)13-3-1-2-12(6-13)11-29-19(30)5-4-18(28-29)14-7-16(23)20(25)17(24)8-14;19-13-7-12(8-14(20)17(13)21)15-4-5-16(26)25(24-15)9-10-2-1-3-11(6-10)18(22)23;4-3(1-5)2-6;1-2(3)4/h1-10H,11H2;1-8H,9H2,(H3,22,23);1-3H;1H3,(H,3,4). The summed E-state index contributed by atoms with van der Waals surface area (Å²) in [6, 6.07) is 22.4. The minimum absolute atomic E-state index is 0.0171. The highest BCUT2D eigenvalue weighted by Gasteiger charge is 2.15. The summed E-state index contributed by atoms with van der Waals surface area (Å²) in [6.45, 7) is 1.17. The van der Waals surface area contributed by atoms with Gasteiger partial charge in [-0.25, -0.2) is 45.7 Å². The third kappa shape index (κ3) is 14.6. The monoisotopic (exact) mass is 952 g/mol. The number of nitrogens with two attached hydrogens (primary N) is 2. The number of benzene rings is 4. The van der Waals surface area contributed by atoms with Crippen molar-refractivity contribution in [2.24, 2.45) is 5.73 Å². The van der Waals surface area contributed by atoms with Crippen molar-refractivity contribution in [3.63, 3.8) is 0 Å². The summed E-state index contributed by atoms with van der Waals surface area (Å²) in [7, 11) is 0. The lowest BCUT2D eigenvalue weighted by Gasteiger charge is -2.09. The van der Waals surface area contributed by atoms with Crippen LogP contribution >= 0.6 is 23.2 Å². The van der Waals surface area contributed by atoms with Gasteiger partial charge in [0.15, 0.2) is 40.7 Å². The highest BCUT2D eigenvalue weighted by Crippen LogP contribution is 2.23. The van der Waals surface area contributed by atoms with Crippen LogP contribution in [0.15, 0.2) is 119 Å². The van der Waals surface area contributed by atoms with Gasteiger partial charge in [0.05, 0.1) is 35.1 Å². The predicted octanol–water partition coefficient (Wildman–Crippen LogP) is 4.07. The van der Waals surface area contributed by atoms with Crippen LogP contribution in [0.2, 0.25) is 5.02 Å². The van der Waals surface area contributed by atoms with Crippen LogP contribution in [0, 0.1) is 34.9 Å². The Bertz CT molecular complexity index is 2960. The maximum atomic E-state index is 13.6. The highest BCUT2D eigenvalue weighted by molar-refractivity contribution is 6.35. The quantitative estimate of drug-likeness (QED) is 0.0379. The summed E-state index contributed by atoms with van der Waals surface area (Å²) >= 11 is 10.7. The molecule has 0 aliphatic carbocycles. The smallest absolute Gasteiger partial charge is 0.270 e. The van der Waals surface area contributed by atoms with Crippen LogP contribution in [0.25, 0.3) is 33.9 Å². The van der Waals surface area contributed by atoms with Crippen molar-refractivity contribution < 1.29 is 51.2 Å². The number of carbonyl (C=O) groups is 3. The second-order valence-electron chi connectivity index (χ2n) is 13.2. The Kier molecular flexibility index (Phi) is 18.3. The molecule has 4 N–H and O–H groups in total. The number of carboxylic acid groups (broad SMARTS) is 1. The molecule has 0 radical (unpaired) electrons. The first-order chi connectivity index (χ1) is 31.3. The van der Waals surface area contributed by atoms with E-state index in [-0.39, 0.29) is 41.4 Å². The molecule has 66 heavy (non-hydrogen) atoms. The van der Waals surface area contributed by atoms with Gasteiger partial charge in [0.2, 0.25) is 0 Å². The van der Waals surface area contributed by atoms with Gasteiger partial charge in [-0.05, 0) is 72.6 Å². The molecule has 22 heteroatoms. The van der Waals surface area contributed by atoms with E-state index in [0.29, 0.717) is 34.5 Å². The second-order valence-corrected chi connectivity index (χ2v) is 14.2. The molecule has 0 aliphatic heterocycles. The third-order valence-electron chi connectivity index (χ3n) is 8.28. The van der Waals surface area contributed by atoms with E-state index >= 15 is 0 Å². The molecule has 7 rings (SSSR count). The zero-order valence-corrected chi connectivity index (χ0v) is 35.4. The highest BCUT2D eigenvalue weighted by atomic mass is 35.5. The molecule has 0 saturated carbocycles. The fourth-order valence-corrected chi connectivity index (χ4v) is 5.43. The molecule has 0 fully saturated rings. The van der Waals surface area contributed by atoms with E-state index in [0.717, 1.165) is 51.7 Å². The van der Waals surface area contributed by atoms with E-state index < -0.39 is 57.4 Å². The molecule has 14 nitrogen and oxygen atoms in total. The van der Waals surface area contributed by atoms with Crippen LogP contribution in [0.4, 0.5) is 26.3 Å². The first-order valence-electron chi connectivity index (χ1n) is 18.5. The van der Waals surface area contributed by atoms with E-state index in [9.17, 15) is 45.5 Å². The van der Waals surface area contributed by atoms with Gasteiger partial charge in [0.1, 0.15) is 17.9 Å². The Labute approximate surface area is 379 Å². The SMILES string of the molecule is CC(=O)[O-].NC(=[NH2+])c1cccc(Cn2nc(-c3cc(F)c(F)c(F)c3)ccc2=O)c1.O=CC(Cl)C=O.O=c1ccc(-c2cc(F)c(F)c(F)c2)nn1Cc1cccc(-c2ncc(Cl)cn2)c1. The molecule has 0 aliphatic rings. The molecule has 340 valence electrons. The number of carbonyl (C=O) groups excluding carboxylic acids is 3. The van der Waals surface area contributed by atoms with E-state index in [1.165, 1.54) is 36.7 Å². The Morgan fingerprint density at radius 3 is 1.50 bits per heavy atom. The summed E-state index contributed by atoms with van der Waals surface area (Å²) in [6.07, 6.45) is 3.70. The molecular formula is C44H32Cl2F6N8O6. The predicted molar refractivity (Wildman–Crippen MR) is 227 cm³/mol. The zero-order chi connectivity index (χ0) is 48.7. The fraction of sp³-hybridized carbons (Fsp3) is 0.0909. The van der Waals surface area contributed by atoms with Crippen LogP contribution in [-0.4, -0.2) is 59.3 Å². The molecular weight excluding hydrogens is 921 g/mol. The van der Waals surface area contributed by atoms with Crippen molar-refractivity contribution in [3.8, 4) is 33.9 Å². The normalized spacial score (nSPS) is 10.3. The first-order valence-corrected chi connectivity index (χ1v) is 19.3. The van der Waals surface area contributed by atoms with Crippen LogP contribution < -0.4 is 27.4 Å². The second kappa shape index (κ2) is 23.7. The van der Waals surface area contributed by atoms with Gasteiger partial charge in [-0.1, -0.05) is 41.9 Å². The number of alkyl halides is 1. The van der Waals surface area contributed by atoms with Gasteiger partial charge >= 0.3 is 0 Å². The summed E-state index contributed by atoms with van der Waals surface area (Å²) in [5.41, 5.74) is 7.79. The van der Waals surface area contributed by atoms with Gasteiger partial charge in [-0.15, -0.1) is 11.6 Å². The summed E-state index contributed by atoms with van der Waals surface area (Å²) < 4.78 is 82.6. The summed E-state index contributed by atoms with van der Waals surface area (Å²) in [4.78, 5) is 60.3. The average molecular weight is 954 g/mol. The van der Waals surface area contributed by atoms with E-state index in [2.05, 4.69) is 20.2 Å².